The Morgan fingerprint density at radius 1 is 1.26 bits per heavy atom. The van der Waals surface area contributed by atoms with Crippen molar-refractivity contribution in [1.82, 2.24) is 0 Å². The maximum absolute atomic E-state index is 10.8. The van der Waals surface area contributed by atoms with Gasteiger partial charge in [0.05, 0.1) is 20.6 Å². The molecule has 0 aliphatic heterocycles. The Hall–Kier alpha value is -1.23. The van der Waals surface area contributed by atoms with Crippen molar-refractivity contribution in [2.45, 2.75) is 6.42 Å². The van der Waals surface area contributed by atoms with E-state index in [0.717, 1.165) is 16.4 Å². The van der Waals surface area contributed by atoms with Gasteiger partial charge in [0, 0.05) is 11.4 Å². The molecule has 2 rings (SSSR count). The zero-order valence-electron chi connectivity index (χ0n) is 9.82. The van der Waals surface area contributed by atoms with Crippen LogP contribution < -0.4 is 5.32 Å². The third kappa shape index (κ3) is 3.86. The highest BCUT2D eigenvalue weighted by atomic mass is 35.5. The Morgan fingerprint density at radius 2 is 2.05 bits per heavy atom. The summed E-state index contributed by atoms with van der Waals surface area (Å²) in [4.78, 5) is 12.0. The van der Waals surface area contributed by atoms with E-state index < -0.39 is 5.97 Å². The van der Waals surface area contributed by atoms with E-state index in [2.05, 4.69) is 5.32 Å². The van der Waals surface area contributed by atoms with E-state index in [1.807, 2.05) is 12.1 Å². The van der Waals surface area contributed by atoms with Crippen LogP contribution in [0, 0.1) is 0 Å². The Kier molecular flexibility index (Phi) is 4.69. The average molecular weight is 316 g/mol. The van der Waals surface area contributed by atoms with Crippen LogP contribution >= 0.6 is 34.5 Å². The first-order chi connectivity index (χ1) is 9.06. The molecule has 3 nitrogen and oxygen atoms in total. The van der Waals surface area contributed by atoms with Crippen LogP contribution in [0.25, 0.3) is 0 Å². The lowest BCUT2D eigenvalue weighted by molar-refractivity contribution is 0.0697. The van der Waals surface area contributed by atoms with Crippen molar-refractivity contribution in [3.63, 3.8) is 0 Å². The molecule has 1 heterocycles. The molecule has 100 valence electrons. The standard InChI is InChI=1S/C13H11Cl2NO2S/c14-10-7-8(13(17)18)1-3-11(10)16-6-5-9-2-4-12(15)19-9/h1-4,7,16H,5-6H2,(H,17,18). The third-order valence-electron chi connectivity index (χ3n) is 2.53. The van der Waals surface area contributed by atoms with Gasteiger partial charge in [-0.25, -0.2) is 4.79 Å². The molecule has 0 radical (unpaired) electrons. The van der Waals surface area contributed by atoms with Crippen LogP contribution in [-0.2, 0) is 6.42 Å². The maximum atomic E-state index is 10.8. The van der Waals surface area contributed by atoms with Crippen molar-refractivity contribution in [2.24, 2.45) is 0 Å². The van der Waals surface area contributed by atoms with Gasteiger partial charge in [0.1, 0.15) is 0 Å². The first-order valence-corrected chi connectivity index (χ1v) is 7.14. The number of anilines is 1. The largest absolute Gasteiger partial charge is 0.478 e. The Labute approximate surface area is 124 Å². The smallest absolute Gasteiger partial charge is 0.335 e. The van der Waals surface area contributed by atoms with Gasteiger partial charge in [0.15, 0.2) is 0 Å². The fraction of sp³-hybridized carbons (Fsp3) is 0.154. The van der Waals surface area contributed by atoms with Gasteiger partial charge in [-0.2, -0.15) is 0 Å². The van der Waals surface area contributed by atoms with Crippen molar-refractivity contribution in [2.75, 3.05) is 11.9 Å². The minimum absolute atomic E-state index is 0.181. The van der Waals surface area contributed by atoms with Gasteiger partial charge in [-0.05, 0) is 36.8 Å². The SMILES string of the molecule is O=C(O)c1ccc(NCCc2ccc(Cl)s2)c(Cl)c1. The number of nitrogens with one attached hydrogen (secondary N) is 1. The molecule has 2 N–H and O–H groups in total. The summed E-state index contributed by atoms with van der Waals surface area (Å²) in [6.45, 7) is 0.711. The minimum atomic E-state index is -0.985. The summed E-state index contributed by atoms with van der Waals surface area (Å²) in [5, 5.41) is 12.4. The number of carboxylic acids is 1. The van der Waals surface area contributed by atoms with Crippen molar-refractivity contribution in [3.8, 4) is 0 Å². The molecule has 0 amide bonds. The van der Waals surface area contributed by atoms with Crippen molar-refractivity contribution in [3.05, 3.63) is 50.1 Å². The van der Waals surface area contributed by atoms with E-state index in [0.29, 0.717) is 11.6 Å². The Balaban J connectivity index is 1.94. The summed E-state index contributed by atoms with van der Waals surface area (Å²) in [6.07, 6.45) is 0.842. The van der Waals surface area contributed by atoms with Crippen molar-refractivity contribution < 1.29 is 9.90 Å². The van der Waals surface area contributed by atoms with Gasteiger partial charge < -0.3 is 10.4 Å². The lowest BCUT2D eigenvalue weighted by Crippen LogP contribution is -2.05. The van der Waals surface area contributed by atoms with Gasteiger partial charge in [-0.3, -0.25) is 0 Å². The molecule has 19 heavy (non-hydrogen) atoms. The number of rotatable bonds is 5. The highest BCUT2D eigenvalue weighted by molar-refractivity contribution is 7.16. The molecule has 0 aliphatic rings. The molecule has 2 aromatic rings. The normalized spacial score (nSPS) is 10.4. The number of hydrogen-bond donors (Lipinski definition) is 2. The second-order valence-corrected chi connectivity index (χ2v) is 6.09. The lowest BCUT2D eigenvalue weighted by Gasteiger charge is -2.08. The summed E-state index contributed by atoms with van der Waals surface area (Å²) in [5.41, 5.74) is 0.912. The van der Waals surface area contributed by atoms with E-state index in [9.17, 15) is 4.79 Å². The summed E-state index contributed by atoms with van der Waals surface area (Å²) in [7, 11) is 0. The zero-order chi connectivity index (χ0) is 13.8. The molecular formula is C13H11Cl2NO2S. The molecule has 0 fully saturated rings. The second-order valence-electron chi connectivity index (χ2n) is 3.88. The predicted molar refractivity (Wildman–Crippen MR) is 79.9 cm³/mol. The highest BCUT2D eigenvalue weighted by Gasteiger charge is 2.06. The number of benzene rings is 1. The number of halogens is 2. The minimum Gasteiger partial charge on any atom is -0.478 e. The van der Waals surface area contributed by atoms with Crippen molar-refractivity contribution in [1.29, 1.82) is 0 Å². The molecule has 0 bridgehead atoms. The topological polar surface area (TPSA) is 49.3 Å². The molecule has 0 saturated heterocycles. The molecule has 1 aromatic heterocycles. The average Bonchev–Trinajstić information content (AvgIpc) is 2.77. The number of carbonyl (C=O) groups is 1. The first kappa shape index (κ1) is 14.2. The van der Waals surface area contributed by atoms with Crippen LogP contribution in [0.15, 0.2) is 30.3 Å². The van der Waals surface area contributed by atoms with Crippen molar-refractivity contribution >= 4 is 46.2 Å². The Morgan fingerprint density at radius 3 is 2.63 bits per heavy atom. The van der Waals surface area contributed by atoms with Gasteiger partial charge in [0.25, 0.3) is 0 Å². The first-order valence-electron chi connectivity index (χ1n) is 5.57. The summed E-state index contributed by atoms with van der Waals surface area (Å²) < 4.78 is 0.777. The number of hydrogen-bond acceptors (Lipinski definition) is 3. The molecule has 0 spiro atoms. The number of carboxylic acid groups (broad SMARTS) is 1. The summed E-state index contributed by atoms with van der Waals surface area (Å²) in [5.74, 6) is -0.985. The van der Waals surface area contributed by atoms with Gasteiger partial charge >= 0.3 is 5.97 Å². The van der Waals surface area contributed by atoms with Gasteiger partial charge in [-0.1, -0.05) is 23.2 Å². The molecule has 0 aliphatic carbocycles. The molecule has 0 saturated carbocycles. The van der Waals surface area contributed by atoms with Gasteiger partial charge in [0.2, 0.25) is 0 Å². The quantitative estimate of drug-likeness (QED) is 0.859. The maximum Gasteiger partial charge on any atom is 0.335 e. The lowest BCUT2D eigenvalue weighted by atomic mass is 10.2. The van der Waals surface area contributed by atoms with E-state index in [1.54, 1.807) is 17.4 Å². The molecule has 1 aromatic carbocycles. The monoisotopic (exact) mass is 315 g/mol. The fourth-order valence-electron chi connectivity index (χ4n) is 1.60. The van der Waals surface area contributed by atoms with Gasteiger partial charge in [-0.15, -0.1) is 11.3 Å². The number of aromatic carboxylic acids is 1. The Bertz CT molecular complexity index is 598. The molecular weight excluding hydrogens is 305 g/mol. The van der Waals surface area contributed by atoms with E-state index in [4.69, 9.17) is 28.3 Å². The van der Waals surface area contributed by atoms with E-state index >= 15 is 0 Å². The zero-order valence-corrected chi connectivity index (χ0v) is 12.1. The van der Waals surface area contributed by atoms with Crippen LogP contribution in [0.1, 0.15) is 15.2 Å². The summed E-state index contributed by atoms with van der Waals surface area (Å²) >= 11 is 13.4. The van der Waals surface area contributed by atoms with E-state index in [1.165, 1.54) is 17.0 Å². The number of thiophene rings is 1. The van der Waals surface area contributed by atoms with Crippen LogP contribution in [0.3, 0.4) is 0 Å². The second kappa shape index (κ2) is 6.28. The van der Waals surface area contributed by atoms with Crippen LogP contribution in [0.4, 0.5) is 5.69 Å². The summed E-state index contributed by atoms with van der Waals surface area (Å²) in [6, 6.07) is 8.50. The van der Waals surface area contributed by atoms with E-state index in [-0.39, 0.29) is 5.56 Å². The van der Waals surface area contributed by atoms with Crippen LogP contribution in [0.5, 0.6) is 0 Å². The van der Waals surface area contributed by atoms with Crippen LogP contribution in [0.2, 0.25) is 9.36 Å². The molecule has 0 unspecified atom stereocenters. The highest BCUT2D eigenvalue weighted by Crippen LogP contribution is 2.24. The van der Waals surface area contributed by atoms with Crippen LogP contribution in [-0.4, -0.2) is 17.6 Å². The predicted octanol–water partition coefficient (Wildman–Crippen LogP) is 4.41. The third-order valence-corrected chi connectivity index (χ3v) is 4.14. The fourth-order valence-corrected chi connectivity index (χ4v) is 2.93. The molecule has 6 heteroatoms. The molecule has 0 atom stereocenters.